The van der Waals surface area contributed by atoms with Crippen molar-refractivity contribution in [1.29, 1.82) is 0 Å². The van der Waals surface area contributed by atoms with Crippen molar-refractivity contribution >= 4 is 17.5 Å². The number of non-ortho nitro benzene ring substituents is 1. The zero-order chi connectivity index (χ0) is 18.0. The van der Waals surface area contributed by atoms with Crippen LogP contribution in [-0.2, 0) is 0 Å². The first-order chi connectivity index (χ1) is 12.0. The summed E-state index contributed by atoms with van der Waals surface area (Å²) >= 11 is 0. The summed E-state index contributed by atoms with van der Waals surface area (Å²) in [6, 6.07) is 5.93. The van der Waals surface area contributed by atoms with Gasteiger partial charge in [0.25, 0.3) is 5.69 Å². The van der Waals surface area contributed by atoms with Crippen LogP contribution in [-0.4, -0.2) is 43.6 Å². The summed E-state index contributed by atoms with van der Waals surface area (Å²) in [6.45, 7) is 2.82. The van der Waals surface area contributed by atoms with E-state index in [1.165, 1.54) is 29.1 Å². The minimum Gasteiger partial charge on any atom is -0.476 e. The molecule has 1 atom stereocenters. The van der Waals surface area contributed by atoms with E-state index < -0.39 is 10.9 Å². The molecular formula is C16H19N5O4. The minimum absolute atomic E-state index is 0.0448. The van der Waals surface area contributed by atoms with Crippen molar-refractivity contribution in [2.75, 3.05) is 11.4 Å². The molecule has 25 heavy (non-hydrogen) atoms. The molecule has 0 spiro atoms. The molecular weight excluding hydrogens is 326 g/mol. The van der Waals surface area contributed by atoms with Crippen molar-refractivity contribution in [2.24, 2.45) is 0 Å². The lowest BCUT2D eigenvalue weighted by atomic mass is 10.00. The molecule has 1 aromatic heterocycles. The molecule has 1 unspecified atom stereocenters. The fourth-order valence-electron chi connectivity index (χ4n) is 3.16. The minimum atomic E-state index is -1.14. The van der Waals surface area contributed by atoms with Crippen LogP contribution in [0.3, 0.4) is 0 Å². The van der Waals surface area contributed by atoms with Gasteiger partial charge in [0.05, 0.1) is 10.6 Å². The number of benzene rings is 1. The summed E-state index contributed by atoms with van der Waals surface area (Å²) in [7, 11) is 0. The summed E-state index contributed by atoms with van der Waals surface area (Å²) in [5.41, 5.74) is 0.333. The standard InChI is InChI=1S/C16H19N5O4/c1-2-11-5-3-4-10-19(11)15-14(16(22)23)17-20(18-15)12-6-8-13(9-7-12)21(24)25/h6-9,11H,2-5,10H2,1H3,(H,22,23). The number of carbonyl (C=O) groups is 1. The highest BCUT2D eigenvalue weighted by atomic mass is 16.6. The lowest BCUT2D eigenvalue weighted by molar-refractivity contribution is -0.384. The highest BCUT2D eigenvalue weighted by Crippen LogP contribution is 2.28. The molecule has 9 heteroatoms. The molecule has 1 fully saturated rings. The summed E-state index contributed by atoms with van der Waals surface area (Å²) in [5.74, 6) is -0.777. The molecule has 0 aliphatic carbocycles. The number of aromatic nitrogens is 3. The number of hydrogen-bond acceptors (Lipinski definition) is 6. The van der Waals surface area contributed by atoms with E-state index in [-0.39, 0.29) is 17.4 Å². The first kappa shape index (κ1) is 16.9. The Morgan fingerprint density at radius 1 is 1.32 bits per heavy atom. The van der Waals surface area contributed by atoms with E-state index in [4.69, 9.17) is 0 Å². The summed E-state index contributed by atoms with van der Waals surface area (Å²) < 4.78 is 0. The van der Waals surface area contributed by atoms with Gasteiger partial charge in [-0.3, -0.25) is 10.1 Å². The van der Waals surface area contributed by atoms with Gasteiger partial charge in [0.2, 0.25) is 5.69 Å². The maximum absolute atomic E-state index is 11.6. The molecule has 0 radical (unpaired) electrons. The highest BCUT2D eigenvalue weighted by molar-refractivity contribution is 5.91. The Labute approximate surface area is 144 Å². The molecule has 1 N–H and O–H groups in total. The Balaban J connectivity index is 1.99. The molecule has 0 bridgehead atoms. The smallest absolute Gasteiger partial charge is 0.360 e. The number of nitrogens with zero attached hydrogens (tertiary/aromatic N) is 5. The maximum Gasteiger partial charge on any atom is 0.360 e. The second kappa shape index (κ2) is 6.88. The molecule has 3 rings (SSSR count). The number of anilines is 1. The Morgan fingerprint density at radius 2 is 2.04 bits per heavy atom. The van der Waals surface area contributed by atoms with Crippen molar-refractivity contribution in [3.63, 3.8) is 0 Å². The van der Waals surface area contributed by atoms with Gasteiger partial charge >= 0.3 is 5.97 Å². The van der Waals surface area contributed by atoms with Crippen molar-refractivity contribution in [3.05, 3.63) is 40.1 Å². The van der Waals surface area contributed by atoms with Gasteiger partial charge in [-0.2, -0.15) is 0 Å². The summed E-state index contributed by atoms with van der Waals surface area (Å²) in [6.07, 6.45) is 4.01. The van der Waals surface area contributed by atoms with E-state index in [0.717, 1.165) is 32.2 Å². The molecule has 1 aliphatic heterocycles. The first-order valence-corrected chi connectivity index (χ1v) is 8.23. The molecule has 1 saturated heterocycles. The molecule has 9 nitrogen and oxygen atoms in total. The average molecular weight is 345 g/mol. The van der Waals surface area contributed by atoms with Gasteiger partial charge < -0.3 is 10.0 Å². The van der Waals surface area contributed by atoms with E-state index in [0.29, 0.717) is 11.5 Å². The summed E-state index contributed by atoms with van der Waals surface area (Å²) in [5, 5.41) is 28.7. The Bertz CT molecular complexity index is 786. The predicted octanol–water partition coefficient (Wildman–Crippen LogP) is 2.64. The van der Waals surface area contributed by atoms with E-state index in [1.807, 2.05) is 4.90 Å². The molecule has 1 aromatic carbocycles. The topological polar surface area (TPSA) is 114 Å². The zero-order valence-corrected chi connectivity index (χ0v) is 13.8. The molecule has 0 saturated carbocycles. The predicted molar refractivity (Wildman–Crippen MR) is 90.2 cm³/mol. The third-order valence-electron chi connectivity index (χ3n) is 4.46. The normalized spacial score (nSPS) is 17.5. The molecule has 2 heterocycles. The van der Waals surface area contributed by atoms with Crippen LogP contribution >= 0.6 is 0 Å². The van der Waals surface area contributed by atoms with Gasteiger partial charge in [-0.05, 0) is 37.8 Å². The van der Waals surface area contributed by atoms with Crippen LogP contribution in [0.25, 0.3) is 5.69 Å². The number of hydrogen-bond donors (Lipinski definition) is 1. The second-order valence-corrected chi connectivity index (χ2v) is 5.99. The lowest BCUT2D eigenvalue weighted by Gasteiger charge is -2.35. The molecule has 1 aliphatic rings. The van der Waals surface area contributed by atoms with E-state index in [9.17, 15) is 20.0 Å². The number of piperidine rings is 1. The SMILES string of the molecule is CCC1CCCCN1c1nn(-c2ccc([N+](=O)[O-])cc2)nc1C(=O)O. The Morgan fingerprint density at radius 3 is 2.64 bits per heavy atom. The van der Waals surface area contributed by atoms with E-state index >= 15 is 0 Å². The van der Waals surface area contributed by atoms with E-state index in [1.54, 1.807) is 0 Å². The average Bonchev–Trinajstić information content (AvgIpc) is 3.07. The highest BCUT2D eigenvalue weighted by Gasteiger charge is 2.29. The number of aromatic carboxylic acids is 1. The van der Waals surface area contributed by atoms with Gasteiger partial charge in [0.15, 0.2) is 5.82 Å². The first-order valence-electron chi connectivity index (χ1n) is 8.23. The fraction of sp³-hybridized carbons (Fsp3) is 0.438. The third kappa shape index (κ3) is 3.30. The van der Waals surface area contributed by atoms with Gasteiger partial charge in [0.1, 0.15) is 0 Å². The van der Waals surface area contributed by atoms with Gasteiger partial charge in [-0.25, -0.2) is 4.79 Å². The van der Waals surface area contributed by atoms with Crippen molar-refractivity contribution in [1.82, 2.24) is 15.0 Å². The summed E-state index contributed by atoms with van der Waals surface area (Å²) in [4.78, 5) is 25.1. The molecule has 0 amide bonds. The largest absolute Gasteiger partial charge is 0.476 e. The van der Waals surface area contributed by atoms with Crippen LogP contribution in [0.15, 0.2) is 24.3 Å². The number of carboxylic acid groups (broad SMARTS) is 1. The third-order valence-corrected chi connectivity index (χ3v) is 4.46. The van der Waals surface area contributed by atoms with Gasteiger partial charge in [-0.15, -0.1) is 15.0 Å². The van der Waals surface area contributed by atoms with Crippen molar-refractivity contribution in [3.8, 4) is 5.69 Å². The Kier molecular flexibility index (Phi) is 4.64. The van der Waals surface area contributed by atoms with Gasteiger partial charge in [0, 0.05) is 24.7 Å². The van der Waals surface area contributed by atoms with Crippen LogP contribution in [0.2, 0.25) is 0 Å². The van der Waals surface area contributed by atoms with Crippen LogP contribution in [0.5, 0.6) is 0 Å². The van der Waals surface area contributed by atoms with Crippen LogP contribution < -0.4 is 4.90 Å². The van der Waals surface area contributed by atoms with E-state index in [2.05, 4.69) is 17.1 Å². The lowest BCUT2D eigenvalue weighted by Crippen LogP contribution is -2.40. The number of carboxylic acids is 1. The van der Waals surface area contributed by atoms with Crippen molar-refractivity contribution in [2.45, 2.75) is 38.6 Å². The molecule has 132 valence electrons. The quantitative estimate of drug-likeness (QED) is 0.654. The van der Waals surface area contributed by atoms with Crippen LogP contribution in [0.4, 0.5) is 11.5 Å². The Hall–Kier alpha value is -2.97. The number of rotatable bonds is 5. The van der Waals surface area contributed by atoms with Gasteiger partial charge in [-0.1, -0.05) is 6.92 Å². The molecule has 2 aromatic rings. The monoisotopic (exact) mass is 345 g/mol. The number of nitro benzene ring substituents is 1. The van der Waals surface area contributed by atoms with Crippen LogP contribution in [0, 0.1) is 10.1 Å². The second-order valence-electron chi connectivity index (χ2n) is 5.99. The maximum atomic E-state index is 11.6. The number of nitro groups is 1. The fourth-order valence-corrected chi connectivity index (χ4v) is 3.16. The zero-order valence-electron chi connectivity index (χ0n) is 13.8. The van der Waals surface area contributed by atoms with Crippen LogP contribution in [0.1, 0.15) is 43.1 Å². The van der Waals surface area contributed by atoms with Crippen molar-refractivity contribution < 1.29 is 14.8 Å².